The molecule has 1 aromatic carbocycles. The quantitative estimate of drug-likeness (QED) is 0.404. The first-order valence-electron chi connectivity index (χ1n) is 12.4. The number of aryl methyl sites for hydroxylation is 1. The van der Waals surface area contributed by atoms with Crippen molar-refractivity contribution in [2.45, 2.75) is 105 Å². The summed E-state index contributed by atoms with van der Waals surface area (Å²) in [6, 6.07) is 5.41. The van der Waals surface area contributed by atoms with Crippen LogP contribution in [-0.4, -0.2) is 39.7 Å². The second kappa shape index (κ2) is 16.8. The Hall–Kier alpha value is -1.81. The maximum absolute atomic E-state index is 10.9. The minimum absolute atomic E-state index is 0.177. The first kappa shape index (κ1) is 30.2. The maximum atomic E-state index is 10.9. The number of aromatic hydroxyl groups is 1. The smallest absolute Gasteiger partial charge is 0.335 e. The lowest BCUT2D eigenvalue weighted by molar-refractivity contribution is 0.0696. The maximum Gasteiger partial charge on any atom is 0.335 e. The third-order valence-corrected chi connectivity index (χ3v) is 6.11. The normalized spacial score (nSPS) is 14.1. The van der Waals surface area contributed by atoms with Crippen molar-refractivity contribution in [1.82, 2.24) is 4.90 Å². The van der Waals surface area contributed by atoms with Crippen LogP contribution in [0, 0.1) is 11.8 Å². The Kier molecular flexibility index (Phi) is 15.8. The van der Waals surface area contributed by atoms with Gasteiger partial charge in [0.15, 0.2) is 0 Å². The van der Waals surface area contributed by atoms with E-state index >= 15 is 0 Å². The SMILES string of the molecule is C=CC.CC(C)C1CCCCC1.CC(C)N(CCCc1cc(C(=O)O)ccc1O)C(C)C. The lowest BCUT2D eigenvalue weighted by Gasteiger charge is -2.30. The average Bonchev–Trinajstić information content (AvgIpc) is 2.73. The minimum atomic E-state index is -0.961. The van der Waals surface area contributed by atoms with Gasteiger partial charge in [-0.3, -0.25) is 4.90 Å². The highest BCUT2D eigenvalue weighted by Crippen LogP contribution is 2.29. The number of carbonyl (C=O) groups is 1. The van der Waals surface area contributed by atoms with Crippen LogP contribution in [0.25, 0.3) is 0 Å². The minimum Gasteiger partial charge on any atom is -0.508 e. The number of phenolic OH excluding ortho intramolecular Hbond substituents is 1. The van der Waals surface area contributed by atoms with Crippen molar-refractivity contribution in [2.24, 2.45) is 11.8 Å². The van der Waals surface area contributed by atoms with Crippen molar-refractivity contribution >= 4 is 5.97 Å². The molecule has 4 nitrogen and oxygen atoms in total. The number of allylic oxidation sites excluding steroid dienone is 1. The van der Waals surface area contributed by atoms with E-state index in [9.17, 15) is 9.90 Å². The van der Waals surface area contributed by atoms with E-state index in [4.69, 9.17) is 5.11 Å². The molecule has 0 unspecified atom stereocenters. The molecule has 0 radical (unpaired) electrons. The fourth-order valence-electron chi connectivity index (χ4n) is 4.28. The molecule has 1 aliphatic rings. The van der Waals surface area contributed by atoms with Gasteiger partial charge in [-0.15, -0.1) is 6.58 Å². The highest BCUT2D eigenvalue weighted by atomic mass is 16.4. The summed E-state index contributed by atoms with van der Waals surface area (Å²) < 4.78 is 0. The van der Waals surface area contributed by atoms with Crippen LogP contribution in [0.5, 0.6) is 5.75 Å². The van der Waals surface area contributed by atoms with Crippen LogP contribution in [0.3, 0.4) is 0 Å². The van der Waals surface area contributed by atoms with Gasteiger partial charge in [-0.2, -0.15) is 0 Å². The zero-order chi connectivity index (χ0) is 24.7. The second-order valence-electron chi connectivity index (χ2n) is 9.73. The number of carboxylic acids is 1. The van der Waals surface area contributed by atoms with Crippen LogP contribution < -0.4 is 0 Å². The van der Waals surface area contributed by atoms with Crippen molar-refractivity contribution in [3.05, 3.63) is 42.0 Å². The van der Waals surface area contributed by atoms with Crippen LogP contribution >= 0.6 is 0 Å². The molecule has 32 heavy (non-hydrogen) atoms. The fourth-order valence-corrected chi connectivity index (χ4v) is 4.28. The molecule has 1 aliphatic carbocycles. The van der Waals surface area contributed by atoms with Crippen LogP contribution in [0.1, 0.15) is 103 Å². The Morgan fingerprint density at radius 3 is 2.03 bits per heavy atom. The largest absolute Gasteiger partial charge is 0.508 e. The van der Waals surface area contributed by atoms with Gasteiger partial charge in [-0.25, -0.2) is 4.79 Å². The number of aromatic carboxylic acids is 1. The number of nitrogens with zero attached hydrogens (tertiary/aromatic N) is 1. The summed E-state index contributed by atoms with van der Waals surface area (Å²) in [5, 5.41) is 18.8. The highest BCUT2D eigenvalue weighted by molar-refractivity contribution is 5.88. The van der Waals surface area contributed by atoms with Gasteiger partial charge in [0.25, 0.3) is 0 Å². The molecule has 0 spiro atoms. The van der Waals surface area contributed by atoms with Crippen LogP contribution in [0.2, 0.25) is 0 Å². The number of benzene rings is 1. The Morgan fingerprint density at radius 2 is 1.62 bits per heavy atom. The number of rotatable bonds is 8. The zero-order valence-electron chi connectivity index (χ0n) is 21.7. The van der Waals surface area contributed by atoms with Crippen molar-refractivity contribution in [2.75, 3.05) is 6.54 Å². The number of hydrogen-bond acceptors (Lipinski definition) is 3. The van der Waals surface area contributed by atoms with Gasteiger partial charge in [-0.05, 0) is 89.6 Å². The molecule has 184 valence electrons. The molecule has 0 amide bonds. The van der Waals surface area contributed by atoms with Gasteiger partial charge in [0.1, 0.15) is 5.75 Å². The summed E-state index contributed by atoms with van der Waals surface area (Å²) in [6.07, 6.45) is 10.8. The second-order valence-corrected chi connectivity index (χ2v) is 9.73. The lowest BCUT2D eigenvalue weighted by atomic mass is 9.82. The third kappa shape index (κ3) is 12.3. The summed E-state index contributed by atoms with van der Waals surface area (Å²) in [7, 11) is 0. The average molecular weight is 448 g/mol. The molecule has 0 aliphatic heterocycles. The van der Waals surface area contributed by atoms with Gasteiger partial charge < -0.3 is 10.2 Å². The molecule has 0 saturated heterocycles. The Bertz CT molecular complexity index is 638. The van der Waals surface area contributed by atoms with Crippen LogP contribution in [-0.2, 0) is 6.42 Å². The van der Waals surface area contributed by atoms with Gasteiger partial charge >= 0.3 is 5.97 Å². The highest BCUT2D eigenvalue weighted by Gasteiger charge is 2.16. The van der Waals surface area contributed by atoms with E-state index in [-0.39, 0.29) is 11.3 Å². The molecule has 2 rings (SSSR count). The standard InChI is InChI=1S/C16H25NO3.C9H18.C3H6/c1-11(2)17(12(3)4)9-5-6-13-10-14(16(19)20)7-8-15(13)18;1-8(2)9-6-4-3-5-7-9;1-3-2/h7-8,10-12,18H,5-6,9H2,1-4H3,(H,19,20);8-9H,3-7H2,1-2H3;3H,1H2,2H3. The Labute approximate surface area is 197 Å². The lowest BCUT2D eigenvalue weighted by Crippen LogP contribution is -2.37. The molecule has 0 atom stereocenters. The van der Waals surface area contributed by atoms with Gasteiger partial charge in [0, 0.05) is 12.1 Å². The Balaban J connectivity index is 0.000000659. The van der Waals surface area contributed by atoms with E-state index in [1.54, 1.807) is 12.1 Å². The molecular formula is C28H49NO3. The summed E-state index contributed by atoms with van der Waals surface area (Å²) >= 11 is 0. The van der Waals surface area contributed by atoms with Gasteiger partial charge in [0.2, 0.25) is 0 Å². The summed E-state index contributed by atoms with van der Waals surface area (Å²) in [5.74, 6) is 1.21. The van der Waals surface area contributed by atoms with E-state index in [0.717, 1.165) is 24.8 Å². The van der Waals surface area contributed by atoms with Crippen molar-refractivity contribution in [1.29, 1.82) is 0 Å². The molecule has 1 aromatic rings. The van der Waals surface area contributed by atoms with E-state index in [0.29, 0.717) is 24.1 Å². The van der Waals surface area contributed by atoms with Crippen LogP contribution in [0.4, 0.5) is 0 Å². The number of phenols is 1. The topological polar surface area (TPSA) is 60.8 Å². The van der Waals surface area contributed by atoms with Crippen molar-refractivity contribution < 1.29 is 15.0 Å². The third-order valence-electron chi connectivity index (χ3n) is 6.11. The zero-order valence-corrected chi connectivity index (χ0v) is 21.7. The molecule has 1 fully saturated rings. The van der Waals surface area contributed by atoms with E-state index in [1.165, 1.54) is 44.2 Å². The van der Waals surface area contributed by atoms with E-state index in [2.05, 4.69) is 53.0 Å². The van der Waals surface area contributed by atoms with Crippen molar-refractivity contribution in [3.63, 3.8) is 0 Å². The number of hydrogen-bond donors (Lipinski definition) is 2. The Morgan fingerprint density at radius 1 is 1.09 bits per heavy atom. The molecular weight excluding hydrogens is 398 g/mol. The molecule has 0 aromatic heterocycles. The van der Waals surface area contributed by atoms with Crippen molar-refractivity contribution in [3.8, 4) is 5.75 Å². The first-order chi connectivity index (χ1) is 15.0. The van der Waals surface area contributed by atoms with E-state index < -0.39 is 5.97 Å². The van der Waals surface area contributed by atoms with Crippen LogP contribution in [0.15, 0.2) is 30.9 Å². The monoisotopic (exact) mass is 447 g/mol. The summed E-state index contributed by atoms with van der Waals surface area (Å²) in [5.41, 5.74) is 0.930. The van der Waals surface area contributed by atoms with Gasteiger partial charge in [-0.1, -0.05) is 52.0 Å². The molecule has 1 saturated carbocycles. The predicted molar refractivity (Wildman–Crippen MR) is 138 cm³/mol. The summed E-state index contributed by atoms with van der Waals surface area (Å²) in [6.45, 7) is 19.6. The predicted octanol–water partition coefficient (Wildman–Crippen LogP) is 7.56. The van der Waals surface area contributed by atoms with Gasteiger partial charge in [0.05, 0.1) is 5.56 Å². The fraction of sp³-hybridized carbons (Fsp3) is 0.679. The first-order valence-corrected chi connectivity index (χ1v) is 12.4. The molecule has 2 N–H and O–H groups in total. The molecule has 0 heterocycles. The van der Waals surface area contributed by atoms with E-state index in [1.807, 2.05) is 6.92 Å². The molecule has 0 bridgehead atoms. The molecule has 4 heteroatoms. The number of carboxylic acid groups (broad SMARTS) is 1. The summed E-state index contributed by atoms with van der Waals surface area (Å²) in [4.78, 5) is 13.3.